The van der Waals surface area contributed by atoms with Gasteiger partial charge in [0.05, 0.1) is 11.0 Å². The van der Waals surface area contributed by atoms with Crippen LogP contribution < -0.4 is 5.32 Å². The van der Waals surface area contributed by atoms with Crippen LogP contribution in [0.4, 0.5) is 17.2 Å². The van der Waals surface area contributed by atoms with E-state index in [1.165, 1.54) is 18.3 Å². The van der Waals surface area contributed by atoms with E-state index in [9.17, 15) is 10.1 Å². The number of benzene rings is 1. The number of aromatic nitrogens is 1. The van der Waals surface area contributed by atoms with Crippen LogP contribution in [0.5, 0.6) is 0 Å². The van der Waals surface area contributed by atoms with Gasteiger partial charge in [0.1, 0.15) is 5.82 Å². The molecule has 17 heavy (non-hydrogen) atoms. The number of hydrogen-bond acceptors (Lipinski definition) is 4. The fourth-order valence-electron chi connectivity index (χ4n) is 1.45. The normalized spacial score (nSPS) is 9.94. The van der Waals surface area contributed by atoms with Crippen molar-refractivity contribution in [2.75, 3.05) is 5.32 Å². The SMILES string of the molecule is Cc1ccccc1Nc1cc([N+](=O)[O-])ccn1. The Hall–Kier alpha value is -2.43. The van der Waals surface area contributed by atoms with E-state index in [0.29, 0.717) is 5.82 Å². The maximum Gasteiger partial charge on any atom is 0.274 e. The Morgan fingerprint density at radius 2 is 2.06 bits per heavy atom. The monoisotopic (exact) mass is 229 g/mol. The first kappa shape index (κ1) is 11.1. The molecule has 2 rings (SSSR count). The third-order valence-corrected chi connectivity index (χ3v) is 2.36. The Labute approximate surface area is 98.3 Å². The minimum atomic E-state index is -0.440. The van der Waals surface area contributed by atoms with Gasteiger partial charge < -0.3 is 5.32 Å². The zero-order valence-corrected chi connectivity index (χ0v) is 9.25. The Balaban J connectivity index is 2.28. The molecule has 0 saturated carbocycles. The average molecular weight is 229 g/mol. The van der Waals surface area contributed by atoms with E-state index in [2.05, 4.69) is 10.3 Å². The van der Waals surface area contributed by atoms with Crippen LogP contribution in [-0.4, -0.2) is 9.91 Å². The number of nitrogens with one attached hydrogen (secondary N) is 1. The van der Waals surface area contributed by atoms with Crippen LogP contribution >= 0.6 is 0 Å². The summed E-state index contributed by atoms with van der Waals surface area (Å²) < 4.78 is 0. The predicted octanol–water partition coefficient (Wildman–Crippen LogP) is 3.04. The maximum atomic E-state index is 10.6. The van der Waals surface area contributed by atoms with E-state index < -0.39 is 4.92 Å². The highest BCUT2D eigenvalue weighted by atomic mass is 16.6. The summed E-state index contributed by atoms with van der Waals surface area (Å²) in [7, 11) is 0. The van der Waals surface area contributed by atoms with Crippen molar-refractivity contribution in [1.29, 1.82) is 0 Å². The van der Waals surface area contributed by atoms with Crippen molar-refractivity contribution in [2.45, 2.75) is 6.92 Å². The summed E-state index contributed by atoms with van der Waals surface area (Å²) in [5.41, 5.74) is 1.97. The Morgan fingerprint density at radius 3 is 2.76 bits per heavy atom. The Morgan fingerprint density at radius 1 is 1.29 bits per heavy atom. The summed E-state index contributed by atoms with van der Waals surface area (Å²) in [5, 5.41) is 13.7. The number of aryl methyl sites for hydroxylation is 1. The van der Waals surface area contributed by atoms with E-state index in [-0.39, 0.29) is 5.69 Å². The third-order valence-electron chi connectivity index (χ3n) is 2.36. The molecular weight excluding hydrogens is 218 g/mol. The molecule has 0 aliphatic rings. The lowest BCUT2D eigenvalue weighted by Crippen LogP contribution is -1.96. The molecular formula is C12H11N3O2. The molecule has 0 unspecified atom stereocenters. The summed E-state index contributed by atoms with van der Waals surface area (Å²) in [5.74, 6) is 0.466. The average Bonchev–Trinajstić information content (AvgIpc) is 2.32. The second-order valence-electron chi connectivity index (χ2n) is 3.60. The summed E-state index contributed by atoms with van der Waals surface area (Å²) in [6, 6.07) is 10.5. The maximum absolute atomic E-state index is 10.6. The van der Waals surface area contributed by atoms with Crippen molar-refractivity contribution in [3.8, 4) is 0 Å². The first-order chi connectivity index (χ1) is 8.16. The van der Waals surface area contributed by atoms with Gasteiger partial charge in [0, 0.05) is 18.0 Å². The van der Waals surface area contributed by atoms with Gasteiger partial charge in [-0.3, -0.25) is 10.1 Å². The third kappa shape index (κ3) is 2.57. The smallest absolute Gasteiger partial charge is 0.274 e. The number of hydrogen-bond donors (Lipinski definition) is 1. The summed E-state index contributed by atoms with van der Waals surface area (Å²) in [4.78, 5) is 14.2. The fourth-order valence-corrected chi connectivity index (χ4v) is 1.45. The van der Waals surface area contributed by atoms with Gasteiger partial charge >= 0.3 is 0 Å². The molecule has 86 valence electrons. The lowest BCUT2D eigenvalue weighted by molar-refractivity contribution is -0.384. The minimum Gasteiger partial charge on any atom is -0.340 e. The molecule has 0 atom stereocenters. The predicted molar refractivity (Wildman–Crippen MR) is 65.4 cm³/mol. The molecule has 5 heteroatoms. The zero-order chi connectivity index (χ0) is 12.3. The molecule has 0 radical (unpaired) electrons. The van der Waals surface area contributed by atoms with Crippen LogP contribution in [0, 0.1) is 17.0 Å². The zero-order valence-electron chi connectivity index (χ0n) is 9.25. The first-order valence-electron chi connectivity index (χ1n) is 5.10. The minimum absolute atomic E-state index is 0.0242. The van der Waals surface area contributed by atoms with Crippen LogP contribution in [-0.2, 0) is 0 Å². The number of pyridine rings is 1. The second kappa shape index (κ2) is 4.61. The van der Waals surface area contributed by atoms with Gasteiger partial charge in [0.15, 0.2) is 0 Å². The van der Waals surface area contributed by atoms with E-state index in [0.717, 1.165) is 11.3 Å². The van der Waals surface area contributed by atoms with Crippen molar-refractivity contribution in [3.63, 3.8) is 0 Å². The summed E-state index contributed by atoms with van der Waals surface area (Å²) in [6.07, 6.45) is 1.42. The molecule has 1 aromatic heterocycles. The molecule has 0 saturated heterocycles. The molecule has 1 aromatic carbocycles. The molecule has 0 aliphatic carbocycles. The fraction of sp³-hybridized carbons (Fsp3) is 0.0833. The van der Waals surface area contributed by atoms with Gasteiger partial charge in [-0.15, -0.1) is 0 Å². The highest BCUT2D eigenvalue weighted by Crippen LogP contribution is 2.21. The van der Waals surface area contributed by atoms with Crippen LogP contribution in [0.3, 0.4) is 0 Å². The number of nitrogens with zero attached hydrogens (tertiary/aromatic N) is 2. The Kier molecular flexibility index (Phi) is 3.00. The Bertz CT molecular complexity index is 555. The molecule has 2 aromatic rings. The standard InChI is InChI=1S/C12H11N3O2/c1-9-4-2-3-5-11(9)14-12-8-10(15(16)17)6-7-13-12/h2-8H,1H3,(H,13,14). The number of rotatable bonds is 3. The van der Waals surface area contributed by atoms with Gasteiger partial charge in [-0.05, 0) is 18.6 Å². The lowest BCUT2D eigenvalue weighted by Gasteiger charge is -2.07. The van der Waals surface area contributed by atoms with Crippen molar-refractivity contribution in [3.05, 3.63) is 58.3 Å². The van der Waals surface area contributed by atoms with Gasteiger partial charge in [-0.1, -0.05) is 18.2 Å². The van der Waals surface area contributed by atoms with E-state index in [1.54, 1.807) is 0 Å². The molecule has 0 amide bonds. The second-order valence-corrected chi connectivity index (χ2v) is 3.60. The molecule has 1 heterocycles. The first-order valence-corrected chi connectivity index (χ1v) is 5.10. The topological polar surface area (TPSA) is 68.1 Å². The number of para-hydroxylation sites is 1. The van der Waals surface area contributed by atoms with E-state index in [4.69, 9.17) is 0 Å². The molecule has 5 nitrogen and oxygen atoms in total. The largest absolute Gasteiger partial charge is 0.340 e. The van der Waals surface area contributed by atoms with Crippen molar-refractivity contribution in [1.82, 2.24) is 4.98 Å². The van der Waals surface area contributed by atoms with Gasteiger partial charge in [0.2, 0.25) is 0 Å². The highest BCUT2D eigenvalue weighted by molar-refractivity contribution is 5.61. The van der Waals surface area contributed by atoms with Crippen molar-refractivity contribution >= 4 is 17.2 Å². The van der Waals surface area contributed by atoms with Crippen LogP contribution in [0.1, 0.15) is 5.56 Å². The van der Waals surface area contributed by atoms with E-state index in [1.807, 2.05) is 31.2 Å². The van der Waals surface area contributed by atoms with Crippen molar-refractivity contribution < 1.29 is 4.92 Å². The number of nitro groups is 1. The van der Waals surface area contributed by atoms with Gasteiger partial charge in [0.25, 0.3) is 5.69 Å². The summed E-state index contributed by atoms with van der Waals surface area (Å²) >= 11 is 0. The van der Waals surface area contributed by atoms with Crippen LogP contribution in [0.25, 0.3) is 0 Å². The quantitative estimate of drug-likeness (QED) is 0.648. The molecule has 0 aliphatic heterocycles. The molecule has 0 spiro atoms. The molecule has 0 bridgehead atoms. The number of anilines is 2. The highest BCUT2D eigenvalue weighted by Gasteiger charge is 2.07. The molecule has 1 N–H and O–H groups in total. The summed E-state index contributed by atoms with van der Waals surface area (Å²) in [6.45, 7) is 1.96. The lowest BCUT2D eigenvalue weighted by atomic mass is 10.2. The van der Waals surface area contributed by atoms with Crippen LogP contribution in [0.15, 0.2) is 42.6 Å². The van der Waals surface area contributed by atoms with Crippen molar-refractivity contribution in [2.24, 2.45) is 0 Å². The van der Waals surface area contributed by atoms with Gasteiger partial charge in [-0.2, -0.15) is 0 Å². The van der Waals surface area contributed by atoms with Crippen LogP contribution in [0.2, 0.25) is 0 Å². The molecule has 0 fully saturated rings. The van der Waals surface area contributed by atoms with E-state index >= 15 is 0 Å². The van der Waals surface area contributed by atoms with Gasteiger partial charge in [-0.25, -0.2) is 4.98 Å².